The van der Waals surface area contributed by atoms with Gasteiger partial charge in [0.25, 0.3) is 0 Å². The Morgan fingerprint density at radius 1 is 1.29 bits per heavy atom. The molecular weight excluding hydrogens is 268 g/mol. The van der Waals surface area contributed by atoms with Gasteiger partial charge in [-0.05, 0) is 29.7 Å². The van der Waals surface area contributed by atoms with Gasteiger partial charge in [0.15, 0.2) is 5.78 Å². The topological polar surface area (TPSA) is 92.8 Å². The number of carbonyl (C=O) groups excluding carboxylic acids is 2. The largest absolute Gasteiger partial charge is 0.511 e. The number of hydrogen-bond donors (Lipinski definition) is 2. The maximum absolute atomic E-state index is 12.0. The van der Waals surface area contributed by atoms with Crippen LogP contribution in [0.5, 0.6) is 0 Å². The summed E-state index contributed by atoms with van der Waals surface area (Å²) in [6, 6.07) is 6.39. The highest BCUT2D eigenvalue weighted by Gasteiger charge is 2.32. The number of aliphatic hydroxyl groups excluding tert-OH is 1. The van der Waals surface area contributed by atoms with Crippen molar-refractivity contribution in [3.63, 3.8) is 0 Å². The Morgan fingerprint density at radius 2 is 1.90 bits per heavy atom. The fourth-order valence-corrected chi connectivity index (χ4v) is 2.30. The fraction of sp³-hybridized carbons (Fsp3) is 0.312. The van der Waals surface area contributed by atoms with Gasteiger partial charge in [0.2, 0.25) is 5.91 Å². The van der Waals surface area contributed by atoms with Crippen LogP contribution in [0.2, 0.25) is 0 Å². The first-order chi connectivity index (χ1) is 9.78. The molecule has 5 heteroatoms. The van der Waals surface area contributed by atoms with Crippen molar-refractivity contribution < 1.29 is 14.7 Å². The van der Waals surface area contributed by atoms with Crippen LogP contribution in [0.25, 0.3) is 0 Å². The van der Waals surface area contributed by atoms with E-state index in [0.29, 0.717) is 24.1 Å². The molecule has 0 atom stereocenters. The van der Waals surface area contributed by atoms with Gasteiger partial charge in [0.05, 0.1) is 11.3 Å². The highest BCUT2D eigenvalue weighted by atomic mass is 16.3. The number of aliphatic imine (C=N–C) groups is 1. The Balaban J connectivity index is 2.21. The van der Waals surface area contributed by atoms with Crippen molar-refractivity contribution in [1.29, 1.82) is 0 Å². The minimum absolute atomic E-state index is 0.0776. The van der Waals surface area contributed by atoms with Gasteiger partial charge < -0.3 is 10.8 Å². The highest BCUT2D eigenvalue weighted by molar-refractivity contribution is 6.14. The molecule has 21 heavy (non-hydrogen) atoms. The van der Waals surface area contributed by atoms with Crippen LogP contribution in [0.3, 0.4) is 0 Å². The Bertz CT molecular complexity index is 640. The van der Waals surface area contributed by atoms with Crippen molar-refractivity contribution in [3.05, 3.63) is 41.2 Å². The molecule has 1 aliphatic carbocycles. The van der Waals surface area contributed by atoms with Crippen molar-refractivity contribution in [3.8, 4) is 0 Å². The number of benzene rings is 1. The number of ketones is 1. The van der Waals surface area contributed by atoms with E-state index in [2.05, 4.69) is 4.99 Å². The van der Waals surface area contributed by atoms with Crippen molar-refractivity contribution in [2.75, 3.05) is 0 Å². The number of aliphatic hydroxyl groups is 1. The second kappa shape index (κ2) is 5.52. The zero-order valence-corrected chi connectivity index (χ0v) is 12.1. The molecular formula is C16H18N2O3. The summed E-state index contributed by atoms with van der Waals surface area (Å²) in [6.45, 7) is 3.88. The van der Waals surface area contributed by atoms with Gasteiger partial charge >= 0.3 is 0 Å². The quantitative estimate of drug-likeness (QED) is 0.836. The number of hydrogen-bond acceptors (Lipinski definition) is 4. The molecule has 0 spiro atoms. The number of nitrogens with zero attached hydrogens (tertiary/aromatic N) is 1. The molecule has 2 rings (SSSR count). The molecule has 0 unspecified atom stereocenters. The van der Waals surface area contributed by atoms with E-state index in [4.69, 9.17) is 5.73 Å². The van der Waals surface area contributed by atoms with Crippen LogP contribution in [0.4, 0.5) is 5.69 Å². The van der Waals surface area contributed by atoms with Crippen LogP contribution < -0.4 is 5.73 Å². The number of amides is 1. The Labute approximate surface area is 123 Å². The van der Waals surface area contributed by atoms with E-state index in [0.717, 1.165) is 0 Å². The molecule has 0 fully saturated rings. The number of carbonyl (C=O) groups is 2. The zero-order valence-electron chi connectivity index (χ0n) is 12.1. The summed E-state index contributed by atoms with van der Waals surface area (Å²) < 4.78 is 0. The molecule has 0 radical (unpaired) electrons. The molecule has 110 valence electrons. The number of allylic oxidation sites excluding steroid dienone is 2. The zero-order chi connectivity index (χ0) is 15.6. The maximum Gasteiger partial charge on any atom is 0.248 e. The second-order valence-electron chi connectivity index (χ2n) is 5.97. The summed E-state index contributed by atoms with van der Waals surface area (Å²) in [5.74, 6) is -0.536. The van der Waals surface area contributed by atoms with E-state index in [1.54, 1.807) is 24.3 Å². The van der Waals surface area contributed by atoms with Crippen LogP contribution in [0, 0.1) is 5.41 Å². The lowest BCUT2D eigenvalue weighted by Gasteiger charge is -2.28. The first-order valence-electron chi connectivity index (χ1n) is 6.68. The first-order valence-corrected chi connectivity index (χ1v) is 6.68. The van der Waals surface area contributed by atoms with Gasteiger partial charge in [-0.2, -0.15) is 0 Å². The third kappa shape index (κ3) is 3.56. The molecule has 0 bridgehead atoms. The van der Waals surface area contributed by atoms with Gasteiger partial charge in [0.1, 0.15) is 5.76 Å². The molecule has 1 aromatic carbocycles. The fourth-order valence-electron chi connectivity index (χ4n) is 2.30. The SMILES string of the molecule is CC1(C)CC(=O)C(C=Nc2ccc(C(N)=O)cc2)=C(O)C1. The summed E-state index contributed by atoms with van der Waals surface area (Å²) in [7, 11) is 0. The Kier molecular flexibility index (Phi) is 3.93. The molecule has 0 aliphatic heterocycles. The summed E-state index contributed by atoms with van der Waals surface area (Å²) in [5, 5.41) is 9.98. The summed E-state index contributed by atoms with van der Waals surface area (Å²) in [6.07, 6.45) is 2.23. The van der Waals surface area contributed by atoms with Crippen LogP contribution in [0.1, 0.15) is 37.0 Å². The van der Waals surface area contributed by atoms with Gasteiger partial charge in [-0.3, -0.25) is 14.6 Å². The third-order valence-electron chi connectivity index (χ3n) is 3.39. The van der Waals surface area contributed by atoms with Crippen LogP contribution in [0.15, 0.2) is 40.6 Å². The number of nitrogens with two attached hydrogens (primary N) is 1. The molecule has 1 amide bonds. The van der Waals surface area contributed by atoms with Crippen molar-refractivity contribution in [1.82, 2.24) is 0 Å². The lowest BCUT2D eigenvalue weighted by Crippen LogP contribution is -2.26. The van der Waals surface area contributed by atoms with Gasteiger partial charge in [0, 0.05) is 24.6 Å². The summed E-state index contributed by atoms with van der Waals surface area (Å²) >= 11 is 0. The van der Waals surface area contributed by atoms with Crippen LogP contribution >= 0.6 is 0 Å². The van der Waals surface area contributed by atoms with Gasteiger partial charge in [-0.15, -0.1) is 0 Å². The number of Topliss-reactive ketones (excluding diaryl/α,β-unsaturated/α-hetero) is 1. The lowest BCUT2D eigenvalue weighted by molar-refractivity contribution is -0.117. The normalized spacial score (nSPS) is 18.3. The monoisotopic (exact) mass is 286 g/mol. The van der Waals surface area contributed by atoms with Gasteiger partial charge in [-0.1, -0.05) is 13.8 Å². The summed E-state index contributed by atoms with van der Waals surface area (Å²) in [5.41, 5.74) is 6.17. The van der Waals surface area contributed by atoms with Crippen molar-refractivity contribution in [2.24, 2.45) is 16.1 Å². The van der Waals surface area contributed by atoms with E-state index in [-0.39, 0.29) is 22.5 Å². The standard InChI is InChI=1S/C16H18N2O3/c1-16(2)7-13(19)12(14(20)8-16)9-18-11-5-3-10(4-6-11)15(17)21/h3-6,9,19H,7-8H2,1-2H3,(H2,17,21). The molecule has 0 saturated heterocycles. The number of primary amides is 1. The Morgan fingerprint density at radius 3 is 2.43 bits per heavy atom. The average Bonchev–Trinajstić information content (AvgIpc) is 2.36. The van der Waals surface area contributed by atoms with Crippen LogP contribution in [-0.4, -0.2) is 23.0 Å². The average molecular weight is 286 g/mol. The minimum atomic E-state index is -0.504. The first kappa shape index (κ1) is 15.0. The van der Waals surface area contributed by atoms with E-state index in [1.165, 1.54) is 6.21 Å². The van der Waals surface area contributed by atoms with E-state index >= 15 is 0 Å². The molecule has 1 aliphatic rings. The highest BCUT2D eigenvalue weighted by Crippen LogP contribution is 2.35. The minimum Gasteiger partial charge on any atom is -0.511 e. The lowest BCUT2D eigenvalue weighted by atomic mass is 9.77. The van der Waals surface area contributed by atoms with E-state index in [9.17, 15) is 14.7 Å². The Hall–Kier alpha value is -2.43. The predicted octanol–water partition coefficient (Wildman–Crippen LogP) is 2.69. The van der Waals surface area contributed by atoms with Gasteiger partial charge in [-0.25, -0.2) is 0 Å². The second-order valence-corrected chi connectivity index (χ2v) is 5.97. The van der Waals surface area contributed by atoms with Crippen LogP contribution in [-0.2, 0) is 4.79 Å². The third-order valence-corrected chi connectivity index (χ3v) is 3.39. The summed E-state index contributed by atoms with van der Waals surface area (Å²) in [4.78, 5) is 27.1. The van der Waals surface area contributed by atoms with Crippen molar-refractivity contribution >= 4 is 23.6 Å². The number of rotatable bonds is 3. The van der Waals surface area contributed by atoms with E-state index < -0.39 is 5.91 Å². The molecule has 3 N–H and O–H groups in total. The smallest absolute Gasteiger partial charge is 0.248 e. The van der Waals surface area contributed by atoms with Crippen molar-refractivity contribution in [2.45, 2.75) is 26.7 Å². The molecule has 0 aromatic heterocycles. The molecule has 5 nitrogen and oxygen atoms in total. The maximum atomic E-state index is 12.0. The molecule has 0 heterocycles. The van der Waals surface area contributed by atoms with E-state index in [1.807, 2.05) is 13.8 Å². The molecule has 1 aromatic rings. The predicted molar refractivity (Wildman–Crippen MR) is 80.8 cm³/mol. The molecule has 0 saturated carbocycles.